The topological polar surface area (TPSA) is 16.8 Å². The smallest absolute Gasteiger partial charge is 0.422 e. The van der Waals surface area contributed by atoms with Gasteiger partial charge in [-0.15, -0.1) is 0 Å². The quantitative estimate of drug-likeness (QED) is 0.708. The first-order valence-electron chi connectivity index (χ1n) is 5.15. The summed E-state index contributed by atoms with van der Waals surface area (Å²) in [6.07, 6.45) is -1.29. The SMILES string of the molecule is CC1=CN=C[NH+]1c1c(C)cccc1C(F)(F)F.[Cl-]. The minimum atomic E-state index is -4.34. The minimum Gasteiger partial charge on any atom is -1.00 e. The van der Waals surface area contributed by atoms with Gasteiger partial charge in [-0.3, -0.25) is 0 Å². The number of benzene rings is 1. The molecule has 0 saturated heterocycles. The highest BCUT2D eigenvalue weighted by Crippen LogP contribution is 2.34. The van der Waals surface area contributed by atoms with Crippen LogP contribution in [-0.2, 0) is 6.18 Å². The molecule has 0 amide bonds. The van der Waals surface area contributed by atoms with Crippen molar-refractivity contribution in [3.8, 4) is 0 Å². The van der Waals surface area contributed by atoms with E-state index in [1.165, 1.54) is 12.4 Å². The van der Waals surface area contributed by atoms with Gasteiger partial charge in [0, 0.05) is 12.5 Å². The van der Waals surface area contributed by atoms with Crippen molar-refractivity contribution >= 4 is 12.0 Å². The normalized spacial score (nSPS) is 18.5. The number of aliphatic imine (C=N–C) groups is 1. The molecule has 18 heavy (non-hydrogen) atoms. The van der Waals surface area contributed by atoms with Crippen LogP contribution in [0.15, 0.2) is 35.1 Å². The zero-order chi connectivity index (χ0) is 12.6. The molecule has 2 rings (SSSR count). The van der Waals surface area contributed by atoms with E-state index in [-0.39, 0.29) is 18.1 Å². The van der Waals surface area contributed by atoms with Crippen LogP contribution in [0.3, 0.4) is 0 Å². The summed E-state index contributed by atoms with van der Waals surface area (Å²) in [5, 5.41) is 0. The summed E-state index contributed by atoms with van der Waals surface area (Å²) in [6, 6.07) is 4.21. The van der Waals surface area contributed by atoms with Gasteiger partial charge in [0.25, 0.3) is 0 Å². The zero-order valence-electron chi connectivity index (χ0n) is 9.85. The van der Waals surface area contributed by atoms with E-state index < -0.39 is 11.7 Å². The molecule has 1 aromatic rings. The van der Waals surface area contributed by atoms with Gasteiger partial charge in [0.05, 0.1) is 6.20 Å². The predicted octanol–water partition coefficient (Wildman–Crippen LogP) is -0.563. The third kappa shape index (κ3) is 2.57. The van der Waals surface area contributed by atoms with Crippen molar-refractivity contribution in [1.82, 2.24) is 0 Å². The maximum atomic E-state index is 12.9. The molecule has 1 aliphatic heterocycles. The first-order chi connectivity index (χ1) is 7.91. The summed E-state index contributed by atoms with van der Waals surface area (Å²) < 4.78 is 38.8. The van der Waals surface area contributed by atoms with Gasteiger partial charge in [0.2, 0.25) is 0 Å². The third-order valence-electron chi connectivity index (χ3n) is 2.74. The summed E-state index contributed by atoms with van der Waals surface area (Å²) in [5.41, 5.74) is 0.990. The monoisotopic (exact) mass is 276 g/mol. The lowest BCUT2D eigenvalue weighted by molar-refractivity contribution is -0.673. The molecular formula is C12H12ClF3N2. The van der Waals surface area contributed by atoms with Crippen molar-refractivity contribution < 1.29 is 30.5 Å². The van der Waals surface area contributed by atoms with Crippen LogP contribution in [0.25, 0.3) is 0 Å². The fourth-order valence-corrected chi connectivity index (χ4v) is 1.92. The number of halogens is 4. The maximum Gasteiger partial charge on any atom is 0.422 e. The van der Waals surface area contributed by atoms with Gasteiger partial charge in [0.15, 0.2) is 12.0 Å². The molecule has 1 heterocycles. The highest BCUT2D eigenvalue weighted by Gasteiger charge is 2.38. The van der Waals surface area contributed by atoms with Crippen molar-refractivity contribution in [3.63, 3.8) is 0 Å². The van der Waals surface area contributed by atoms with Crippen LogP contribution >= 0.6 is 0 Å². The maximum absolute atomic E-state index is 12.9. The third-order valence-corrected chi connectivity index (χ3v) is 2.74. The van der Waals surface area contributed by atoms with Gasteiger partial charge in [0.1, 0.15) is 11.3 Å². The number of nitrogens with zero attached hydrogens (tertiary/aromatic N) is 1. The summed E-state index contributed by atoms with van der Waals surface area (Å²) in [4.78, 5) is 4.45. The van der Waals surface area contributed by atoms with E-state index in [0.29, 0.717) is 10.5 Å². The molecule has 1 unspecified atom stereocenters. The number of rotatable bonds is 1. The summed E-state index contributed by atoms with van der Waals surface area (Å²) in [6.45, 7) is 3.44. The fourth-order valence-electron chi connectivity index (χ4n) is 1.92. The standard InChI is InChI=1S/C12H11F3N2.ClH/c1-8-4-3-5-10(12(13,14)15)11(8)17-7-16-6-9(17)2;/h3-7H,1-2H3;1H. The van der Waals surface area contributed by atoms with Crippen LogP contribution in [0.4, 0.5) is 18.9 Å². The van der Waals surface area contributed by atoms with Gasteiger partial charge >= 0.3 is 6.18 Å². The highest BCUT2D eigenvalue weighted by molar-refractivity contribution is 5.60. The molecule has 0 bridgehead atoms. The Morgan fingerprint density at radius 1 is 1.17 bits per heavy atom. The van der Waals surface area contributed by atoms with Crippen LogP contribution in [-0.4, -0.2) is 6.34 Å². The Hall–Kier alpha value is -1.33. The van der Waals surface area contributed by atoms with Crippen LogP contribution in [0.2, 0.25) is 0 Å². The molecule has 0 saturated carbocycles. The number of para-hydroxylation sites is 1. The molecule has 1 N–H and O–H groups in total. The molecule has 1 atom stereocenters. The number of quaternary nitrogens is 1. The van der Waals surface area contributed by atoms with E-state index in [1.807, 2.05) is 0 Å². The van der Waals surface area contributed by atoms with Crippen molar-refractivity contribution in [1.29, 1.82) is 0 Å². The number of aryl methyl sites for hydroxylation is 1. The molecule has 0 aliphatic carbocycles. The first kappa shape index (κ1) is 14.7. The lowest BCUT2D eigenvalue weighted by Gasteiger charge is -2.17. The lowest BCUT2D eigenvalue weighted by Crippen LogP contribution is -3.03. The lowest BCUT2D eigenvalue weighted by atomic mass is 10.1. The Bertz CT molecular complexity index is 507. The number of alkyl halides is 3. The first-order valence-corrected chi connectivity index (χ1v) is 5.15. The predicted molar refractivity (Wildman–Crippen MR) is 59.1 cm³/mol. The molecule has 1 aromatic carbocycles. The van der Waals surface area contributed by atoms with Gasteiger partial charge in [-0.25, -0.2) is 9.89 Å². The number of nitrogens with one attached hydrogen (secondary N) is 1. The second-order valence-corrected chi connectivity index (χ2v) is 4.00. The zero-order valence-corrected chi connectivity index (χ0v) is 10.6. The molecule has 0 spiro atoms. The van der Waals surface area contributed by atoms with E-state index >= 15 is 0 Å². The van der Waals surface area contributed by atoms with Crippen molar-refractivity contribution in [2.45, 2.75) is 20.0 Å². The van der Waals surface area contributed by atoms with E-state index in [1.54, 1.807) is 26.1 Å². The summed E-state index contributed by atoms with van der Waals surface area (Å²) in [5.74, 6) is 0. The van der Waals surface area contributed by atoms with E-state index in [0.717, 1.165) is 11.8 Å². The molecule has 0 aromatic heterocycles. The second kappa shape index (κ2) is 5.12. The van der Waals surface area contributed by atoms with Gasteiger partial charge < -0.3 is 12.4 Å². The second-order valence-electron chi connectivity index (χ2n) is 4.00. The minimum absolute atomic E-state index is 0. The van der Waals surface area contributed by atoms with Gasteiger partial charge in [-0.2, -0.15) is 13.2 Å². The van der Waals surface area contributed by atoms with Crippen LogP contribution in [0.5, 0.6) is 0 Å². The Kier molecular flexibility index (Phi) is 4.19. The largest absolute Gasteiger partial charge is 1.00 e. The van der Waals surface area contributed by atoms with E-state index in [9.17, 15) is 13.2 Å². The molecule has 1 aliphatic rings. The average Bonchev–Trinajstić information content (AvgIpc) is 2.62. The highest BCUT2D eigenvalue weighted by atomic mass is 35.5. The number of hydrogen-bond acceptors (Lipinski definition) is 1. The number of allylic oxidation sites excluding steroid dienone is 1. The fraction of sp³-hybridized carbons (Fsp3) is 0.250. The molecule has 0 radical (unpaired) electrons. The van der Waals surface area contributed by atoms with E-state index in [2.05, 4.69) is 4.99 Å². The van der Waals surface area contributed by atoms with Crippen molar-refractivity contribution in [2.24, 2.45) is 4.99 Å². The van der Waals surface area contributed by atoms with Crippen molar-refractivity contribution in [2.75, 3.05) is 0 Å². The average molecular weight is 277 g/mol. The molecule has 6 heteroatoms. The molecule has 0 fully saturated rings. The van der Waals surface area contributed by atoms with Gasteiger partial charge in [-0.1, -0.05) is 12.1 Å². The van der Waals surface area contributed by atoms with Crippen molar-refractivity contribution in [3.05, 3.63) is 41.2 Å². The van der Waals surface area contributed by atoms with Crippen LogP contribution in [0.1, 0.15) is 18.1 Å². The Morgan fingerprint density at radius 3 is 2.33 bits per heavy atom. The molecular weight excluding hydrogens is 265 g/mol. The Morgan fingerprint density at radius 2 is 1.83 bits per heavy atom. The Balaban J connectivity index is 0.00000162. The summed E-state index contributed by atoms with van der Waals surface area (Å²) >= 11 is 0. The Labute approximate surface area is 109 Å². The van der Waals surface area contributed by atoms with Gasteiger partial charge in [-0.05, 0) is 13.0 Å². The molecule has 2 nitrogen and oxygen atoms in total. The summed E-state index contributed by atoms with van der Waals surface area (Å²) in [7, 11) is 0. The van der Waals surface area contributed by atoms with Crippen LogP contribution < -0.4 is 17.3 Å². The number of hydrogen-bond donors (Lipinski definition) is 1. The molecule has 98 valence electrons. The van der Waals surface area contributed by atoms with Crippen LogP contribution in [0, 0.1) is 6.92 Å². The van der Waals surface area contributed by atoms with E-state index in [4.69, 9.17) is 0 Å².